The molecule has 7 nitrogen and oxygen atoms in total. The fourth-order valence-corrected chi connectivity index (χ4v) is 4.35. The summed E-state index contributed by atoms with van der Waals surface area (Å²) in [6.07, 6.45) is 0.638. The van der Waals surface area contributed by atoms with E-state index in [1.165, 1.54) is 0 Å². The molecule has 1 fully saturated rings. The lowest BCUT2D eigenvalue weighted by Crippen LogP contribution is -2.55. The number of aryl methyl sites for hydroxylation is 1. The van der Waals surface area contributed by atoms with Crippen molar-refractivity contribution >= 4 is 17.9 Å². The molecule has 0 bridgehead atoms. The van der Waals surface area contributed by atoms with Gasteiger partial charge in [0.15, 0.2) is 0 Å². The van der Waals surface area contributed by atoms with Gasteiger partial charge in [-0.15, -0.1) is 0 Å². The van der Waals surface area contributed by atoms with E-state index in [-0.39, 0.29) is 35.7 Å². The third kappa shape index (κ3) is 7.97. The predicted octanol–water partition coefficient (Wildman–Crippen LogP) is 5.05. The van der Waals surface area contributed by atoms with Crippen LogP contribution in [-0.4, -0.2) is 46.5 Å². The van der Waals surface area contributed by atoms with Gasteiger partial charge in [0.25, 0.3) is 0 Å². The lowest BCUT2D eigenvalue weighted by molar-refractivity contribution is -0.144. The molecular formula is C28H45N3O4. The minimum atomic E-state index is -0.794. The van der Waals surface area contributed by atoms with E-state index in [0.29, 0.717) is 6.42 Å². The number of hydrogen-bond acceptors (Lipinski definition) is 4. The van der Waals surface area contributed by atoms with Gasteiger partial charge in [0, 0.05) is 12.1 Å². The quantitative estimate of drug-likeness (QED) is 0.510. The molecule has 0 spiro atoms. The molecule has 196 valence electrons. The Balaban J connectivity index is 2.54. The smallest absolute Gasteiger partial charge is 0.408 e. The highest BCUT2D eigenvalue weighted by Gasteiger charge is 2.48. The molecule has 4 unspecified atom stereocenters. The lowest BCUT2D eigenvalue weighted by Gasteiger charge is -2.36. The molecule has 35 heavy (non-hydrogen) atoms. The van der Waals surface area contributed by atoms with Crippen molar-refractivity contribution in [3.05, 3.63) is 34.9 Å². The molecule has 0 saturated heterocycles. The zero-order chi connectivity index (χ0) is 26.7. The summed E-state index contributed by atoms with van der Waals surface area (Å²) in [5.41, 5.74) is 2.18. The highest BCUT2D eigenvalue weighted by molar-refractivity contribution is 5.93. The summed E-state index contributed by atoms with van der Waals surface area (Å²) in [5.74, 6) is -0.0221. The van der Waals surface area contributed by atoms with Gasteiger partial charge in [-0.2, -0.15) is 0 Å². The van der Waals surface area contributed by atoms with E-state index < -0.39 is 23.8 Å². The topological polar surface area (TPSA) is 87.7 Å². The van der Waals surface area contributed by atoms with Crippen molar-refractivity contribution in [1.82, 2.24) is 15.5 Å². The molecule has 1 saturated carbocycles. The van der Waals surface area contributed by atoms with Gasteiger partial charge in [-0.3, -0.25) is 9.59 Å². The van der Waals surface area contributed by atoms with Crippen LogP contribution in [0.1, 0.15) is 91.0 Å². The van der Waals surface area contributed by atoms with Crippen molar-refractivity contribution < 1.29 is 19.1 Å². The van der Waals surface area contributed by atoms with Crippen LogP contribution >= 0.6 is 0 Å². The molecule has 2 N–H and O–H groups in total. The Hall–Kier alpha value is -2.57. The number of ether oxygens (including phenoxy) is 1. The SMILES string of the molecule is Cc1cccc(C(C(=O)NC(C)C)N(C(=O)C(CC(C)C)NC(=O)OC(C)(C)C)C2CC2C)c1C. The zero-order valence-corrected chi connectivity index (χ0v) is 23.2. The van der Waals surface area contributed by atoms with Crippen LogP contribution in [0.5, 0.6) is 0 Å². The van der Waals surface area contributed by atoms with Gasteiger partial charge in [0.2, 0.25) is 11.8 Å². The molecule has 1 aromatic rings. The fourth-order valence-electron chi connectivity index (χ4n) is 4.35. The van der Waals surface area contributed by atoms with Crippen molar-refractivity contribution in [2.24, 2.45) is 11.8 Å². The van der Waals surface area contributed by atoms with Crippen LogP contribution in [0.15, 0.2) is 18.2 Å². The second kappa shape index (κ2) is 11.4. The Kier molecular flexibility index (Phi) is 9.37. The van der Waals surface area contributed by atoms with Crippen LogP contribution in [0.3, 0.4) is 0 Å². The van der Waals surface area contributed by atoms with Gasteiger partial charge in [0.05, 0.1) is 0 Å². The van der Waals surface area contributed by atoms with E-state index in [9.17, 15) is 14.4 Å². The first-order valence-corrected chi connectivity index (χ1v) is 12.8. The standard InChI is InChI=1S/C28H45N3O4/c1-16(2)14-22(30-27(34)35-28(8,9)10)26(33)31(23-15-19(23)6)24(25(32)29-17(3)4)21-13-11-12-18(5)20(21)7/h11-13,16-17,19,22-24H,14-15H2,1-10H3,(H,29,32)(H,30,34). The number of alkyl carbamates (subject to hydrolysis) is 1. The monoisotopic (exact) mass is 487 g/mol. The van der Waals surface area contributed by atoms with E-state index in [4.69, 9.17) is 4.74 Å². The van der Waals surface area contributed by atoms with Crippen molar-refractivity contribution in [3.8, 4) is 0 Å². The molecule has 4 atom stereocenters. The van der Waals surface area contributed by atoms with Gasteiger partial charge >= 0.3 is 6.09 Å². The van der Waals surface area contributed by atoms with Crippen molar-refractivity contribution in [2.45, 2.75) is 112 Å². The number of hydrogen-bond donors (Lipinski definition) is 2. The number of benzene rings is 1. The third-order valence-electron chi connectivity index (χ3n) is 6.27. The molecule has 0 radical (unpaired) electrons. The van der Waals surface area contributed by atoms with E-state index in [1.807, 2.05) is 59.7 Å². The first-order chi connectivity index (χ1) is 16.1. The molecule has 1 aliphatic rings. The minimum Gasteiger partial charge on any atom is -0.444 e. The summed E-state index contributed by atoms with van der Waals surface area (Å²) in [5, 5.41) is 5.84. The molecule has 1 aromatic carbocycles. The average Bonchev–Trinajstić information content (AvgIpc) is 3.41. The minimum absolute atomic E-state index is 0.0691. The van der Waals surface area contributed by atoms with Crippen LogP contribution in [0, 0.1) is 25.7 Å². The van der Waals surface area contributed by atoms with Crippen LogP contribution in [-0.2, 0) is 14.3 Å². The number of nitrogens with zero attached hydrogens (tertiary/aromatic N) is 1. The summed E-state index contributed by atoms with van der Waals surface area (Å²) >= 11 is 0. The maximum Gasteiger partial charge on any atom is 0.408 e. The van der Waals surface area contributed by atoms with Gasteiger partial charge in [-0.25, -0.2) is 4.79 Å². The number of amides is 3. The predicted molar refractivity (Wildman–Crippen MR) is 139 cm³/mol. The van der Waals surface area contributed by atoms with E-state index in [2.05, 4.69) is 17.6 Å². The zero-order valence-electron chi connectivity index (χ0n) is 23.2. The molecule has 0 aromatic heterocycles. The molecule has 7 heteroatoms. The largest absolute Gasteiger partial charge is 0.444 e. The first kappa shape index (κ1) is 28.7. The van der Waals surface area contributed by atoms with E-state index in [0.717, 1.165) is 23.1 Å². The van der Waals surface area contributed by atoms with Gasteiger partial charge in [-0.05, 0) is 89.8 Å². The van der Waals surface area contributed by atoms with Crippen LogP contribution in [0.2, 0.25) is 0 Å². The van der Waals surface area contributed by atoms with Crippen LogP contribution < -0.4 is 10.6 Å². The second-order valence-electron chi connectivity index (χ2n) is 11.7. The Morgan fingerprint density at radius 2 is 1.69 bits per heavy atom. The fraction of sp³-hybridized carbons (Fsp3) is 0.679. The van der Waals surface area contributed by atoms with Crippen molar-refractivity contribution in [2.75, 3.05) is 0 Å². The summed E-state index contributed by atoms with van der Waals surface area (Å²) in [7, 11) is 0. The summed E-state index contributed by atoms with van der Waals surface area (Å²) in [6, 6.07) is 4.14. The van der Waals surface area contributed by atoms with Crippen LogP contribution in [0.25, 0.3) is 0 Å². The molecule has 1 aliphatic carbocycles. The van der Waals surface area contributed by atoms with Gasteiger partial charge < -0.3 is 20.3 Å². The lowest BCUT2D eigenvalue weighted by atomic mass is 9.94. The summed E-state index contributed by atoms with van der Waals surface area (Å²) < 4.78 is 5.46. The van der Waals surface area contributed by atoms with Crippen molar-refractivity contribution in [1.29, 1.82) is 0 Å². The Morgan fingerprint density at radius 3 is 2.17 bits per heavy atom. The van der Waals surface area contributed by atoms with Crippen molar-refractivity contribution in [3.63, 3.8) is 0 Å². The maximum absolute atomic E-state index is 14.2. The molecule has 3 amide bonds. The molecule has 0 heterocycles. The number of carbonyl (C=O) groups excluding carboxylic acids is 3. The maximum atomic E-state index is 14.2. The Labute approximate surface area is 211 Å². The second-order valence-corrected chi connectivity index (χ2v) is 11.7. The number of carbonyl (C=O) groups is 3. The highest BCUT2D eigenvalue weighted by atomic mass is 16.6. The van der Waals surface area contributed by atoms with E-state index >= 15 is 0 Å². The normalized spacial score (nSPS) is 19.2. The third-order valence-corrected chi connectivity index (χ3v) is 6.27. The Bertz CT molecular complexity index is 919. The number of nitrogens with one attached hydrogen (secondary N) is 2. The summed E-state index contributed by atoms with van der Waals surface area (Å²) in [6.45, 7) is 19.3. The average molecular weight is 488 g/mol. The molecule has 2 rings (SSSR count). The first-order valence-electron chi connectivity index (χ1n) is 12.8. The highest BCUT2D eigenvalue weighted by Crippen LogP contribution is 2.41. The van der Waals surface area contributed by atoms with Gasteiger partial charge in [0.1, 0.15) is 17.7 Å². The molecule has 0 aliphatic heterocycles. The van der Waals surface area contributed by atoms with Gasteiger partial charge in [-0.1, -0.05) is 39.0 Å². The van der Waals surface area contributed by atoms with Crippen LogP contribution in [0.4, 0.5) is 4.79 Å². The Morgan fingerprint density at radius 1 is 1.09 bits per heavy atom. The summed E-state index contributed by atoms with van der Waals surface area (Å²) in [4.78, 5) is 42.2. The number of rotatable bonds is 9. The molecular weight excluding hydrogens is 442 g/mol. The van der Waals surface area contributed by atoms with E-state index in [1.54, 1.807) is 25.7 Å².